The summed E-state index contributed by atoms with van der Waals surface area (Å²) < 4.78 is 10.6. The molecular formula is C21H35N3O3. The summed E-state index contributed by atoms with van der Waals surface area (Å²) in [6, 6.07) is 6.25. The van der Waals surface area contributed by atoms with Gasteiger partial charge in [-0.1, -0.05) is 25.0 Å². The van der Waals surface area contributed by atoms with E-state index in [0.717, 1.165) is 49.5 Å². The molecule has 0 saturated heterocycles. The van der Waals surface area contributed by atoms with Crippen molar-refractivity contribution in [2.75, 3.05) is 20.7 Å². The normalized spacial score (nSPS) is 11.4. The van der Waals surface area contributed by atoms with Crippen LogP contribution in [0.15, 0.2) is 23.2 Å². The molecule has 0 radical (unpaired) electrons. The zero-order chi connectivity index (χ0) is 20.1. The van der Waals surface area contributed by atoms with Crippen molar-refractivity contribution < 1.29 is 14.3 Å². The molecule has 0 aliphatic carbocycles. The number of methoxy groups -OCH3 is 1. The maximum Gasteiger partial charge on any atom is 0.305 e. The van der Waals surface area contributed by atoms with Gasteiger partial charge in [-0.25, -0.2) is 0 Å². The minimum Gasteiger partial charge on any atom is -0.491 e. The Morgan fingerprint density at radius 1 is 1.15 bits per heavy atom. The zero-order valence-corrected chi connectivity index (χ0v) is 17.4. The Labute approximate surface area is 163 Å². The lowest BCUT2D eigenvalue weighted by Gasteiger charge is -2.17. The molecule has 152 valence electrons. The molecule has 0 saturated carbocycles. The summed E-state index contributed by atoms with van der Waals surface area (Å²) in [7, 11) is 3.20. The summed E-state index contributed by atoms with van der Waals surface area (Å²) >= 11 is 0. The topological polar surface area (TPSA) is 72.0 Å². The van der Waals surface area contributed by atoms with Crippen LogP contribution in [0.1, 0.15) is 57.1 Å². The molecule has 2 N–H and O–H groups in total. The highest BCUT2D eigenvalue weighted by molar-refractivity contribution is 5.79. The average molecular weight is 378 g/mol. The summed E-state index contributed by atoms with van der Waals surface area (Å²) in [6.07, 6.45) is 4.67. The number of aryl methyl sites for hydroxylation is 1. The maximum absolute atomic E-state index is 11.1. The van der Waals surface area contributed by atoms with Gasteiger partial charge in [0.15, 0.2) is 5.96 Å². The van der Waals surface area contributed by atoms with E-state index in [1.54, 1.807) is 7.05 Å². The number of carbonyl (C=O) groups excluding carboxylic acids is 1. The van der Waals surface area contributed by atoms with Gasteiger partial charge in [0.2, 0.25) is 0 Å². The van der Waals surface area contributed by atoms with Crippen LogP contribution in [-0.4, -0.2) is 38.7 Å². The highest BCUT2D eigenvalue weighted by Crippen LogP contribution is 2.21. The van der Waals surface area contributed by atoms with Crippen LogP contribution < -0.4 is 15.4 Å². The van der Waals surface area contributed by atoms with Gasteiger partial charge in [0.1, 0.15) is 5.75 Å². The van der Waals surface area contributed by atoms with Crippen LogP contribution >= 0.6 is 0 Å². The molecule has 0 unspecified atom stereocenters. The van der Waals surface area contributed by atoms with Crippen LogP contribution in [0.5, 0.6) is 5.75 Å². The van der Waals surface area contributed by atoms with Crippen molar-refractivity contribution in [2.45, 2.75) is 65.5 Å². The van der Waals surface area contributed by atoms with Gasteiger partial charge in [0.25, 0.3) is 0 Å². The highest BCUT2D eigenvalue weighted by atomic mass is 16.5. The summed E-state index contributed by atoms with van der Waals surface area (Å²) in [6.45, 7) is 7.63. The van der Waals surface area contributed by atoms with E-state index in [1.165, 1.54) is 12.7 Å². The Morgan fingerprint density at radius 2 is 1.89 bits per heavy atom. The molecule has 27 heavy (non-hydrogen) atoms. The molecule has 0 bridgehead atoms. The largest absolute Gasteiger partial charge is 0.491 e. The summed E-state index contributed by atoms with van der Waals surface area (Å²) in [5.41, 5.74) is 2.30. The lowest BCUT2D eigenvalue weighted by molar-refractivity contribution is -0.140. The van der Waals surface area contributed by atoms with Gasteiger partial charge in [-0.2, -0.15) is 0 Å². The Balaban J connectivity index is 2.33. The summed E-state index contributed by atoms with van der Waals surface area (Å²) in [5, 5.41) is 6.67. The standard InChI is InChI=1S/C21H35N3O3/c1-16(2)27-19-14-17(3)11-12-18(19)15-24-21(22-4)23-13-9-7-6-8-10-20(25)26-5/h11-12,14,16H,6-10,13,15H2,1-5H3,(H2,22,23,24). The van der Waals surface area contributed by atoms with Gasteiger partial charge >= 0.3 is 5.97 Å². The van der Waals surface area contributed by atoms with Crippen LogP contribution in [0.2, 0.25) is 0 Å². The number of guanidine groups is 1. The number of carbonyl (C=O) groups is 1. The summed E-state index contributed by atoms with van der Waals surface area (Å²) in [4.78, 5) is 15.3. The van der Waals surface area contributed by atoms with E-state index in [2.05, 4.69) is 45.5 Å². The number of aliphatic imine (C=N–C) groups is 1. The van der Waals surface area contributed by atoms with Crippen LogP contribution in [-0.2, 0) is 16.1 Å². The average Bonchev–Trinajstić information content (AvgIpc) is 2.63. The molecule has 6 heteroatoms. The van der Waals surface area contributed by atoms with E-state index in [1.807, 2.05) is 13.8 Å². The predicted octanol–water partition coefficient (Wildman–Crippen LogP) is 3.57. The molecule has 1 rings (SSSR count). The molecule has 0 atom stereocenters. The van der Waals surface area contributed by atoms with E-state index in [0.29, 0.717) is 13.0 Å². The SMILES string of the molecule is CN=C(NCCCCCCC(=O)OC)NCc1ccc(C)cc1OC(C)C. The van der Waals surface area contributed by atoms with Gasteiger partial charge in [-0.15, -0.1) is 0 Å². The lowest BCUT2D eigenvalue weighted by atomic mass is 10.1. The molecule has 0 amide bonds. The second-order valence-electron chi connectivity index (χ2n) is 6.87. The van der Waals surface area contributed by atoms with E-state index in [-0.39, 0.29) is 12.1 Å². The summed E-state index contributed by atoms with van der Waals surface area (Å²) in [5.74, 6) is 1.56. The molecule has 0 fully saturated rings. The number of hydrogen-bond donors (Lipinski definition) is 2. The zero-order valence-electron chi connectivity index (χ0n) is 17.4. The second kappa shape index (κ2) is 13.0. The smallest absolute Gasteiger partial charge is 0.305 e. The quantitative estimate of drug-likeness (QED) is 0.267. The molecule has 0 aromatic heterocycles. The minimum absolute atomic E-state index is 0.130. The first-order chi connectivity index (χ1) is 13.0. The van der Waals surface area contributed by atoms with Gasteiger partial charge in [-0.05, 0) is 45.2 Å². The first-order valence-electron chi connectivity index (χ1n) is 9.73. The Kier molecular flexibility index (Phi) is 11.0. The second-order valence-corrected chi connectivity index (χ2v) is 6.87. The molecule has 0 spiro atoms. The van der Waals surface area contributed by atoms with Crippen molar-refractivity contribution in [3.8, 4) is 5.75 Å². The van der Waals surface area contributed by atoms with Gasteiger partial charge in [0.05, 0.1) is 13.2 Å². The number of rotatable bonds is 11. The van der Waals surface area contributed by atoms with E-state index in [4.69, 9.17) is 4.74 Å². The third kappa shape index (κ3) is 9.87. The van der Waals surface area contributed by atoms with Crippen LogP contribution in [0.3, 0.4) is 0 Å². The Bertz CT molecular complexity index is 600. The molecule has 6 nitrogen and oxygen atoms in total. The molecular weight excluding hydrogens is 342 g/mol. The van der Waals surface area contributed by atoms with Gasteiger partial charge in [-0.3, -0.25) is 9.79 Å². The van der Waals surface area contributed by atoms with Gasteiger partial charge < -0.3 is 20.1 Å². The molecule has 1 aromatic carbocycles. The van der Waals surface area contributed by atoms with Crippen molar-refractivity contribution in [1.29, 1.82) is 0 Å². The molecule has 0 heterocycles. The number of hydrogen-bond acceptors (Lipinski definition) is 4. The Morgan fingerprint density at radius 3 is 2.56 bits per heavy atom. The van der Waals surface area contributed by atoms with E-state index < -0.39 is 0 Å². The van der Waals surface area contributed by atoms with E-state index >= 15 is 0 Å². The Hall–Kier alpha value is -2.24. The first kappa shape index (κ1) is 22.8. The fraction of sp³-hybridized carbons (Fsp3) is 0.619. The van der Waals surface area contributed by atoms with E-state index in [9.17, 15) is 4.79 Å². The number of nitrogens with one attached hydrogen (secondary N) is 2. The van der Waals surface area contributed by atoms with Crippen LogP contribution in [0.4, 0.5) is 0 Å². The van der Waals surface area contributed by atoms with Crippen molar-refractivity contribution >= 4 is 11.9 Å². The molecule has 0 aliphatic rings. The third-order valence-electron chi connectivity index (χ3n) is 4.08. The molecule has 1 aromatic rings. The van der Waals surface area contributed by atoms with Crippen molar-refractivity contribution in [3.05, 3.63) is 29.3 Å². The number of ether oxygens (including phenoxy) is 2. The number of esters is 1. The fourth-order valence-electron chi connectivity index (χ4n) is 2.63. The van der Waals surface area contributed by atoms with Crippen molar-refractivity contribution in [2.24, 2.45) is 4.99 Å². The van der Waals surface area contributed by atoms with Gasteiger partial charge in [0, 0.05) is 32.1 Å². The van der Waals surface area contributed by atoms with Crippen molar-refractivity contribution in [3.63, 3.8) is 0 Å². The monoisotopic (exact) mass is 377 g/mol. The number of nitrogens with zero attached hydrogens (tertiary/aromatic N) is 1. The fourth-order valence-corrected chi connectivity index (χ4v) is 2.63. The van der Waals surface area contributed by atoms with Crippen molar-refractivity contribution in [1.82, 2.24) is 10.6 Å². The molecule has 0 aliphatic heterocycles. The first-order valence-corrected chi connectivity index (χ1v) is 9.73. The third-order valence-corrected chi connectivity index (χ3v) is 4.08. The maximum atomic E-state index is 11.1. The highest BCUT2D eigenvalue weighted by Gasteiger charge is 2.07. The predicted molar refractivity (Wildman–Crippen MR) is 110 cm³/mol. The van der Waals surface area contributed by atoms with Crippen LogP contribution in [0, 0.1) is 6.92 Å². The number of benzene rings is 1. The lowest BCUT2D eigenvalue weighted by Crippen LogP contribution is -2.37. The van der Waals surface area contributed by atoms with Crippen LogP contribution in [0.25, 0.3) is 0 Å². The number of unbranched alkanes of at least 4 members (excludes halogenated alkanes) is 3. The minimum atomic E-state index is -0.130.